The largest absolute Gasteiger partial charge is 0.311 e. The van der Waals surface area contributed by atoms with Crippen LogP contribution in [0.3, 0.4) is 0 Å². The Morgan fingerprint density at radius 1 is 1.32 bits per heavy atom. The Bertz CT molecular complexity index is 566. The Morgan fingerprint density at radius 2 is 1.95 bits per heavy atom. The van der Waals surface area contributed by atoms with Crippen LogP contribution < -0.4 is 9.62 Å². The number of benzene rings is 1. The molecule has 0 aromatic heterocycles. The molecule has 1 fully saturated rings. The van der Waals surface area contributed by atoms with Crippen LogP contribution >= 0.6 is 0 Å². The van der Waals surface area contributed by atoms with Crippen LogP contribution in [0.25, 0.3) is 0 Å². The number of hydrogen-bond donors (Lipinski definition) is 1. The van der Waals surface area contributed by atoms with E-state index in [-0.39, 0.29) is 24.1 Å². The molecule has 6 heteroatoms. The second kappa shape index (κ2) is 5.30. The SMILES string of the molecule is CCS(=O)(=O)N[C@H]1CC(=O)N(c2ccc(C)cc2)C1. The standard InChI is InChI=1S/C13H18N2O3S/c1-3-19(17,18)14-11-8-13(16)15(9-11)12-6-4-10(2)5-7-12/h4-7,11,14H,3,8-9H2,1-2H3/t11-/m0/s1. The van der Waals surface area contributed by atoms with Crippen molar-refractivity contribution in [2.75, 3.05) is 17.2 Å². The van der Waals surface area contributed by atoms with E-state index in [1.54, 1.807) is 11.8 Å². The maximum Gasteiger partial charge on any atom is 0.228 e. The molecule has 0 unspecified atom stereocenters. The molecule has 1 amide bonds. The van der Waals surface area contributed by atoms with Gasteiger partial charge in [-0.25, -0.2) is 13.1 Å². The molecule has 1 heterocycles. The molecule has 1 aliphatic rings. The van der Waals surface area contributed by atoms with E-state index in [9.17, 15) is 13.2 Å². The molecule has 1 saturated heterocycles. The number of sulfonamides is 1. The molecule has 1 N–H and O–H groups in total. The lowest BCUT2D eigenvalue weighted by Gasteiger charge is -2.17. The van der Waals surface area contributed by atoms with Gasteiger partial charge in [-0.15, -0.1) is 0 Å². The van der Waals surface area contributed by atoms with Crippen LogP contribution in [0, 0.1) is 6.92 Å². The smallest absolute Gasteiger partial charge is 0.228 e. The van der Waals surface area contributed by atoms with E-state index < -0.39 is 10.0 Å². The van der Waals surface area contributed by atoms with Crippen LogP contribution in [0.1, 0.15) is 18.9 Å². The molecule has 0 aliphatic carbocycles. The summed E-state index contributed by atoms with van der Waals surface area (Å²) in [5, 5.41) is 0. The lowest BCUT2D eigenvalue weighted by atomic mass is 10.2. The molecule has 0 spiro atoms. The fourth-order valence-electron chi connectivity index (χ4n) is 2.10. The summed E-state index contributed by atoms with van der Waals surface area (Å²) in [4.78, 5) is 13.6. The summed E-state index contributed by atoms with van der Waals surface area (Å²) >= 11 is 0. The highest BCUT2D eigenvalue weighted by atomic mass is 32.2. The lowest BCUT2D eigenvalue weighted by molar-refractivity contribution is -0.117. The third kappa shape index (κ3) is 3.33. The molecule has 2 rings (SSSR count). The summed E-state index contributed by atoms with van der Waals surface area (Å²) < 4.78 is 25.6. The fraction of sp³-hybridized carbons (Fsp3) is 0.462. The van der Waals surface area contributed by atoms with E-state index in [0.29, 0.717) is 6.54 Å². The molecule has 5 nitrogen and oxygen atoms in total. The maximum absolute atomic E-state index is 11.9. The zero-order chi connectivity index (χ0) is 14.0. The molecule has 1 aromatic carbocycles. The van der Waals surface area contributed by atoms with Crippen molar-refractivity contribution in [2.24, 2.45) is 0 Å². The summed E-state index contributed by atoms with van der Waals surface area (Å²) in [5.41, 5.74) is 1.94. The highest BCUT2D eigenvalue weighted by molar-refractivity contribution is 7.89. The van der Waals surface area contributed by atoms with Crippen LogP contribution in [0.2, 0.25) is 0 Å². The second-order valence-corrected chi connectivity index (χ2v) is 6.80. The van der Waals surface area contributed by atoms with Gasteiger partial charge >= 0.3 is 0 Å². The minimum absolute atomic E-state index is 0.0300. The van der Waals surface area contributed by atoms with E-state index in [2.05, 4.69) is 4.72 Å². The number of aryl methyl sites for hydroxylation is 1. The van der Waals surface area contributed by atoms with Crippen molar-refractivity contribution in [3.63, 3.8) is 0 Å². The molecule has 1 atom stereocenters. The van der Waals surface area contributed by atoms with E-state index in [1.165, 1.54) is 0 Å². The number of rotatable bonds is 4. The summed E-state index contributed by atoms with van der Waals surface area (Å²) in [5.74, 6) is -0.0185. The normalized spacial score (nSPS) is 20.0. The number of amides is 1. The van der Waals surface area contributed by atoms with Crippen LogP contribution in [-0.4, -0.2) is 32.7 Å². The number of nitrogens with zero attached hydrogens (tertiary/aromatic N) is 1. The Hall–Kier alpha value is -1.40. The molecule has 19 heavy (non-hydrogen) atoms. The van der Waals surface area contributed by atoms with Crippen molar-refractivity contribution in [1.82, 2.24) is 4.72 Å². The van der Waals surface area contributed by atoms with Gasteiger partial charge in [0.25, 0.3) is 0 Å². The molecule has 0 bridgehead atoms. The predicted octanol–water partition coefficient (Wildman–Crippen LogP) is 1.04. The van der Waals surface area contributed by atoms with Crippen LogP contribution in [0.5, 0.6) is 0 Å². The average Bonchev–Trinajstić information content (AvgIpc) is 2.70. The van der Waals surface area contributed by atoms with Crippen molar-refractivity contribution >= 4 is 21.6 Å². The summed E-state index contributed by atoms with van der Waals surface area (Å²) in [7, 11) is -3.27. The first-order chi connectivity index (χ1) is 8.91. The predicted molar refractivity (Wildman–Crippen MR) is 74.5 cm³/mol. The van der Waals surface area contributed by atoms with Gasteiger partial charge in [0.2, 0.25) is 15.9 Å². The maximum atomic E-state index is 11.9. The van der Waals surface area contributed by atoms with Gasteiger partial charge in [-0.2, -0.15) is 0 Å². The minimum Gasteiger partial charge on any atom is -0.311 e. The van der Waals surface area contributed by atoms with Gasteiger partial charge in [-0.1, -0.05) is 17.7 Å². The van der Waals surface area contributed by atoms with E-state index in [1.807, 2.05) is 31.2 Å². The van der Waals surface area contributed by atoms with Gasteiger partial charge in [-0.05, 0) is 26.0 Å². The third-order valence-corrected chi connectivity index (χ3v) is 4.65. The second-order valence-electron chi connectivity index (χ2n) is 4.76. The number of carbonyl (C=O) groups is 1. The Balaban J connectivity index is 2.10. The molecule has 0 saturated carbocycles. The molecule has 1 aliphatic heterocycles. The number of nitrogens with one attached hydrogen (secondary N) is 1. The van der Waals surface area contributed by atoms with Crippen molar-refractivity contribution < 1.29 is 13.2 Å². The van der Waals surface area contributed by atoms with Gasteiger partial charge < -0.3 is 4.90 Å². The molecule has 1 aromatic rings. The van der Waals surface area contributed by atoms with E-state index >= 15 is 0 Å². The lowest BCUT2D eigenvalue weighted by Crippen LogP contribution is -2.37. The van der Waals surface area contributed by atoms with Crippen LogP contribution in [0.4, 0.5) is 5.69 Å². The van der Waals surface area contributed by atoms with E-state index in [4.69, 9.17) is 0 Å². The van der Waals surface area contributed by atoms with Crippen molar-refractivity contribution in [2.45, 2.75) is 26.3 Å². The van der Waals surface area contributed by atoms with Crippen molar-refractivity contribution in [1.29, 1.82) is 0 Å². The van der Waals surface area contributed by atoms with Crippen LogP contribution in [-0.2, 0) is 14.8 Å². The van der Waals surface area contributed by atoms with Gasteiger partial charge in [0.05, 0.1) is 5.75 Å². The molecule has 104 valence electrons. The first kappa shape index (κ1) is 14.0. The van der Waals surface area contributed by atoms with Crippen molar-refractivity contribution in [3.05, 3.63) is 29.8 Å². The topological polar surface area (TPSA) is 66.5 Å². The highest BCUT2D eigenvalue weighted by Crippen LogP contribution is 2.22. The molecular formula is C13H18N2O3S. The van der Waals surface area contributed by atoms with Crippen LogP contribution in [0.15, 0.2) is 24.3 Å². The third-order valence-electron chi connectivity index (χ3n) is 3.20. The number of hydrogen-bond acceptors (Lipinski definition) is 3. The van der Waals surface area contributed by atoms with Gasteiger partial charge in [-0.3, -0.25) is 4.79 Å². The number of anilines is 1. The zero-order valence-corrected chi connectivity index (χ0v) is 11.9. The van der Waals surface area contributed by atoms with E-state index in [0.717, 1.165) is 11.3 Å². The minimum atomic E-state index is -3.27. The monoisotopic (exact) mass is 282 g/mol. The first-order valence-electron chi connectivity index (χ1n) is 6.28. The average molecular weight is 282 g/mol. The highest BCUT2D eigenvalue weighted by Gasteiger charge is 2.32. The summed E-state index contributed by atoms with van der Waals surface area (Å²) in [6.07, 6.45) is 0.215. The fourth-order valence-corrected chi connectivity index (χ4v) is 2.93. The zero-order valence-electron chi connectivity index (χ0n) is 11.1. The summed E-state index contributed by atoms with van der Waals surface area (Å²) in [6, 6.07) is 7.30. The Labute approximate surface area is 113 Å². The number of carbonyl (C=O) groups excluding carboxylic acids is 1. The first-order valence-corrected chi connectivity index (χ1v) is 7.93. The van der Waals surface area contributed by atoms with Gasteiger partial charge in [0.15, 0.2) is 0 Å². The molecule has 0 radical (unpaired) electrons. The Morgan fingerprint density at radius 3 is 2.53 bits per heavy atom. The van der Waals surface area contributed by atoms with Gasteiger partial charge in [0, 0.05) is 24.7 Å². The van der Waals surface area contributed by atoms with Crippen molar-refractivity contribution in [3.8, 4) is 0 Å². The quantitative estimate of drug-likeness (QED) is 0.897. The molecular weight excluding hydrogens is 264 g/mol. The summed E-state index contributed by atoms with van der Waals surface area (Å²) in [6.45, 7) is 3.95. The Kier molecular flexibility index (Phi) is 3.91. The van der Waals surface area contributed by atoms with Gasteiger partial charge in [0.1, 0.15) is 0 Å².